The minimum Gasteiger partial charge on any atom is -0.303 e. The minimum atomic E-state index is 0.415. The van der Waals surface area contributed by atoms with E-state index in [4.69, 9.17) is 10.1 Å². The number of hydrogen-bond acceptors (Lipinski definition) is 5. The van der Waals surface area contributed by atoms with Gasteiger partial charge in [0.15, 0.2) is 5.65 Å². The number of aryl methyl sites for hydroxylation is 1. The Morgan fingerprint density at radius 3 is 2.60 bits per heavy atom. The number of benzene rings is 2. The molecule has 174 valence electrons. The maximum absolute atomic E-state index is 5.11. The Morgan fingerprint density at radius 2 is 1.80 bits per heavy atom. The van der Waals surface area contributed by atoms with Crippen molar-refractivity contribution in [3.8, 4) is 22.5 Å². The quantitative estimate of drug-likeness (QED) is 0.338. The third-order valence-corrected chi connectivity index (χ3v) is 7.75. The van der Waals surface area contributed by atoms with Crippen LogP contribution in [0.5, 0.6) is 0 Å². The molecule has 0 atom stereocenters. The molecule has 3 aromatic heterocycles. The van der Waals surface area contributed by atoms with Gasteiger partial charge in [0.05, 0.1) is 22.6 Å². The number of pyridine rings is 1. The lowest BCUT2D eigenvalue weighted by molar-refractivity contribution is 0.0880. The third kappa shape index (κ3) is 3.60. The van der Waals surface area contributed by atoms with E-state index in [0.29, 0.717) is 6.04 Å². The van der Waals surface area contributed by atoms with Gasteiger partial charge in [-0.3, -0.25) is 0 Å². The monoisotopic (exact) mass is 460 g/mol. The second-order valence-electron chi connectivity index (χ2n) is 10.1. The molecule has 1 aliphatic carbocycles. The van der Waals surface area contributed by atoms with Crippen LogP contribution in [0.2, 0.25) is 0 Å². The van der Waals surface area contributed by atoms with Crippen molar-refractivity contribution in [3.63, 3.8) is 0 Å². The first-order valence-electron chi connectivity index (χ1n) is 12.6. The molecular formula is C29H28N6. The Balaban J connectivity index is 1.26. The third-order valence-electron chi connectivity index (χ3n) is 7.75. The van der Waals surface area contributed by atoms with Gasteiger partial charge in [-0.25, -0.2) is 19.6 Å². The minimum absolute atomic E-state index is 0.415. The van der Waals surface area contributed by atoms with E-state index in [1.807, 2.05) is 12.3 Å². The van der Waals surface area contributed by atoms with Crippen molar-refractivity contribution in [2.75, 3.05) is 19.6 Å². The molecule has 0 bridgehead atoms. The average molecular weight is 461 g/mol. The van der Waals surface area contributed by atoms with Crippen molar-refractivity contribution >= 4 is 21.9 Å². The first-order valence-corrected chi connectivity index (χ1v) is 12.6. The highest BCUT2D eigenvalue weighted by Crippen LogP contribution is 2.41. The summed E-state index contributed by atoms with van der Waals surface area (Å²) in [4.78, 5) is 16.6. The van der Waals surface area contributed by atoms with Crippen LogP contribution in [0, 0.1) is 12.8 Å². The van der Waals surface area contributed by atoms with E-state index in [1.54, 1.807) is 6.33 Å². The second-order valence-corrected chi connectivity index (χ2v) is 10.1. The zero-order valence-corrected chi connectivity index (χ0v) is 19.9. The Hall–Kier alpha value is -3.64. The SMILES string of the molecule is Cc1cc(-c2ccccc2)nc2cc(-c3nn(C4CC(CN5CCC5)C4)c4ncncc34)ccc12. The zero-order chi connectivity index (χ0) is 23.4. The molecule has 4 heterocycles. The number of aromatic nitrogens is 5. The van der Waals surface area contributed by atoms with Crippen LogP contribution in [0.1, 0.15) is 30.9 Å². The fourth-order valence-electron chi connectivity index (χ4n) is 5.63. The van der Waals surface area contributed by atoms with Crippen molar-refractivity contribution < 1.29 is 0 Å². The smallest absolute Gasteiger partial charge is 0.162 e. The Bertz CT molecular complexity index is 1530. The van der Waals surface area contributed by atoms with E-state index in [9.17, 15) is 0 Å². The predicted molar refractivity (Wildman–Crippen MR) is 139 cm³/mol. The number of fused-ring (bicyclic) bond motifs is 2. The summed E-state index contributed by atoms with van der Waals surface area (Å²) in [7, 11) is 0. The van der Waals surface area contributed by atoms with Crippen LogP contribution >= 0.6 is 0 Å². The lowest BCUT2D eigenvalue weighted by atomic mass is 9.79. The normalized spacial score (nSPS) is 20.1. The van der Waals surface area contributed by atoms with Gasteiger partial charge in [-0.2, -0.15) is 5.10 Å². The molecular weight excluding hydrogens is 432 g/mol. The van der Waals surface area contributed by atoms with E-state index < -0.39 is 0 Å². The molecule has 1 aliphatic heterocycles. The Labute approximate surface area is 204 Å². The molecule has 7 rings (SSSR count). The highest BCUT2D eigenvalue weighted by molar-refractivity contribution is 5.95. The largest absolute Gasteiger partial charge is 0.303 e. The van der Waals surface area contributed by atoms with Crippen LogP contribution in [0.3, 0.4) is 0 Å². The van der Waals surface area contributed by atoms with Gasteiger partial charge >= 0.3 is 0 Å². The molecule has 2 aliphatic rings. The lowest BCUT2D eigenvalue weighted by Crippen LogP contribution is -2.44. The van der Waals surface area contributed by atoms with Crippen molar-refractivity contribution in [2.45, 2.75) is 32.2 Å². The van der Waals surface area contributed by atoms with E-state index in [0.717, 1.165) is 45.0 Å². The van der Waals surface area contributed by atoms with Gasteiger partial charge in [-0.05, 0) is 62.9 Å². The van der Waals surface area contributed by atoms with Crippen LogP contribution in [-0.4, -0.2) is 49.3 Å². The first-order chi connectivity index (χ1) is 17.2. The van der Waals surface area contributed by atoms with Gasteiger partial charge in [0.25, 0.3) is 0 Å². The topological polar surface area (TPSA) is 59.7 Å². The Kier molecular flexibility index (Phi) is 4.87. The van der Waals surface area contributed by atoms with Crippen molar-refractivity contribution in [3.05, 3.63) is 72.7 Å². The highest BCUT2D eigenvalue weighted by Gasteiger charge is 2.35. The second kappa shape index (κ2) is 8.24. The number of rotatable bonds is 5. The summed E-state index contributed by atoms with van der Waals surface area (Å²) in [6.45, 7) is 5.92. The van der Waals surface area contributed by atoms with E-state index >= 15 is 0 Å². The van der Waals surface area contributed by atoms with E-state index in [1.165, 1.54) is 49.8 Å². The molecule has 6 nitrogen and oxygen atoms in total. The fraction of sp³-hybridized carbons (Fsp3) is 0.310. The summed E-state index contributed by atoms with van der Waals surface area (Å²) < 4.78 is 2.15. The summed E-state index contributed by atoms with van der Waals surface area (Å²) in [6.07, 6.45) is 7.25. The molecule has 1 saturated carbocycles. The standard InChI is InChI=1S/C29H28N6/c1-19-12-26(21-6-3-2-4-7-21)32-27-15-22(8-9-24(19)27)28-25-16-30-18-31-29(25)35(33-28)23-13-20(14-23)17-34-10-5-11-34/h2-4,6-9,12,15-16,18,20,23H,5,10-11,13-14,17H2,1H3. The maximum Gasteiger partial charge on any atom is 0.162 e. The van der Waals surface area contributed by atoms with Gasteiger partial charge in [-0.1, -0.05) is 42.5 Å². The summed E-state index contributed by atoms with van der Waals surface area (Å²) in [5.74, 6) is 0.772. The number of nitrogens with zero attached hydrogens (tertiary/aromatic N) is 6. The van der Waals surface area contributed by atoms with Gasteiger partial charge < -0.3 is 4.90 Å². The molecule has 5 aromatic rings. The van der Waals surface area contributed by atoms with Gasteiger partial charge in [0.2, 0.25) is 0 Å². The van der Waals surface area contributed by atoms with Gasteiger partial charge in [-0.15, -0.1) is 0 Å². The van der Waals surface area contributed by atoms with Crippen molar-refractivity contribution in [1.29, 1.82) is 0 Å². The zero-order valence-electron chi connectivity index (χ0n) is 19.9. The van der Waals surface area contributed by atoms with Gasteiger partial charge in [0, 0.05) is 29.3 Å². The molecule has 0 unspecified atom stereocenters. The summed E-state index contributed by atoms with van der Waals surface area (Å²) in [5.41, 5.74) is 7.27. The molecule has 0 N–H and O–H groups in total. The number of likely N-dealkylation sites (tertiary alicyclic amines) is 1. The van der Waals surface area contributed by atoms with E-state index in [2.05, 4.69) is 75.0 Å². The van der Waals surface area contributed by atoms with Crippen LogP contribution in [0.4, 0.5) is 0 Å². The molecule has 0 spiro atoms. The first kappa shape index (κ1) is 20.7. The molecule has 6 heteroatoms. The molecule has 2 fully saturated rings. The number of hydrogen-bond donors (Lipinski definition) is 0. The van der Waals surface area contributed by atoms with Crippen LogP contribution in [0.15, 0.2) is 67.1 Å². The predicted octanol–water partition coefficient (Wildman–Crippen LogP) is 5.67. The van der Waals surface area contributed by atoms with Crippen molar-refractivity contribution in [1.82, 2.24) is 29.6 Å². The summed E-state index contributed by atoms with van der Waals surface area (Å²) in [6, 6.07) is 19.4. The molecule has 35 heavy (non-hydrogen) atoms. The van der Waals surface area contributed by atoms with Crippen LogP contribution < -0.4 is 0 Å². The maximum atomic E-state index is 5.11. The van der Waals surface area contributed by atoms with Crippen LogP contribution in [0.25, 0.3) is 44.5 Å². The molecule has 0 amide bonds. The van der Waals surface area contributed by atoms with Gasteiger partial charge in [0.1, 0.15) is 12.0 Å². The highest BCUT2D eigenvalue weighted by atomic mass is 15.3. The molecule has 2 aromatic carbocycles. The average Bonchev–Trinajstić information content (AvgIpc) is 3.21. The Morgan fingerprint density at radius 1 is 0.943 bits per heavy atom. The van der Waals surface area contributed by atoms with E-state index in [-0.39, 0.29) is 0 Å². The molecule has 0 radical (unpaired) electrons. The fourth-order valence-corrected chi connectivity index (χ4v) is 5.63. The summed E-state index contributed by atoms with van der Waals surface area (Å²) in [5, 5.41) is 7.29. The molecule has 1 saturated heterocycles. The van der Waals surface area contributed by atoms with Crippen LogP contribution in [-0.2, 0) is 0 Å². The van der Waals surface area contributed by atoms with Crippen molar-refractivity contribution in [2.24, 2.45) is 5.92 Å². The summed E-state index contributed by atoms with van der Waals surface area (Å²) >= 11 is 0. The lowest BCUT2D eigenvalue weighted by Gasteiger charge is -2.41.